The predicted molar refractivity (Wildman–Crippen MR) is 47.2 cm³/mol. The standard InChI is InChI=1S/C3H16N3Si3/c1-7-4-8(2)6-9(3)5-7/h4-5,7-9H,6H2,1-3H3/q+1. The molecule has 1 aliphatic rings. The van der Waals surface area contributed by atoms with E-state index in [4.69, 9.17) is 0 Å². The Labute approximate surface area is 61.5 Å². The van der Waals surface area contributed by atoms with E-state index in [1.807, 2.05) is 0 Å². The topological polar surface area (TPSA) is 40.7 Å². The Hall–Kier alpha value is 0.531. The van der Waals surface area contributed by atoms with Gasteiger partial charge in [0.15, 0.2) is 9.12 Å². The Morgan fingerprint density at radius 3 is 1.78 bits per heavy atom. The van der Waals surface area contributed by atoms with Crippen LogP contribution in [0.5, 0.6) is 0 Å². The molecule has 1 aliphatic heterocycles. The van der Waals surface area contributed by atoms with Gasteiger partial charge in [-0.25, -0.2) is 0 Å². The van der Waals surface area contributed by atoms with Crippen LogP contribution in [0.15, 0.2) is 0 Å². The van der Waals surface area contributed by atoms with Crippen molar-refractivity contribution in [1.82, 2.24) is 9.30 Å². The van der Waals surface area contributed by atoms with Gasteiger partial charge in [-0.1, -0.05) is 0 Å². The van der Waals surface area contributed by atoms with E-state index >= 15 is 0 Å². The zero-order valence-corrected chi connectivity index (χ0v) is 9.77. The molecule has 0 spiro atoms. The van der Waals surface area contributed by atoms with Crippen LogP contribution in [-0.4, -0.2) is 27.4 Å². The first-order valence-corrected chi connectivity index (χ1v) is 10.7. The van der Waals surface area contributed by atoms with Crippen molar-refractivity contribution in [3.8, 4) is 0 Å². The number of rotatable bonds is 0. The molecule has 0 aromatic heterocycles. The highest BCUT2D eigenvalue weighted by atomic mass is 28.4. The molecule has 0 aromatic carbocycles. The van der Waals surface area contributed by atoms with Gasteiger partial charge in [-0.3, -0.25) is 0 Å². The van der Waals surface area contributed by atoms with E-state index in [0.29, 0.717) is 0 Å². The maximum Gasteiger partial charge on any atom is 0.322 e. The van der Waals surface area contributed by atoms with Crippen LogP contribution in [-0.2, 0) is 0 Å². The third-order valence-electron chi connectivity index (χ3n) is 1.60. The van der Waals surface area contributed by atoms with Gasteiger partial charge in [0, 0.05) is 0 Å². The van der Waals surface area contributed by atoms with Crippen LogP contribution in [0, 0.1) is 0 Å². The molecule has 4 N–H and O–H groups in total. The van der Waals surface area contributed by atoms with Gasteiger partial charge in [-0.2, -0.15) is 0 Å². The van der Waals surface area contributed by atoms with Crippen LogP contribution in [0.1, 0.15) is 0 Å². The van der Waals surface area contributed by atoms with Crippen molar-refractivity contribution >= 4 is 27.4 Å². The molecule has 1 saturated heterocycles. The third kappa shape index (κ3) is 2.32. The summed E-state index contributed by atoms with van der Waals surface area (Å²) in [6.45, 7) is 7.11. The van der Waals surface area contributed by atoms with Gasteiger partial charge in [0.2, 0.25) is 0 Å². The second kappa shape index (κ2) is 3.08. The molecule has 2 unspecified atom stereocenters. The number of nitrogens with one attached hydrogen (secondary N) is 2. The highest BCUT2D eigenvalue weighted by Gasteiger charge is 2.26. The lowest BCUT2D eigenvalue weighted by molar-refractivity contribution is -0.373. The molecule has 3 nitrogen and oxygen atoms in total. The monoisotopic (exact) mass is 178 g/mol. The molecular formula is C3H16N3Si3+. The van der Waals surface area contributed by atoms with Gasteiger partial charge in [0.05, 0.1) is 0 Å². The smallest absolute Gasteiger partial charge is 0.322 e. The fourth-order valence-electron chi connectivity index (χ4n) is 1.38. The van der Waals surface area contributed by atoms with E-state index in [-0.39, 0.29) is 0 Å². The maximum absolute atomic E-state index is 3.66. The number of hydrogen-bond donors (Lipinski definition) is 3. The summed E-state index contributed by atoms with van der Waals surface area (Å²) in [6.07, 6.45) is 0. The summed E-state index contributed by atoms with van der Waals surface area (Å²) in [7, 11) is -1.67. The van der Waals surface area contributed by atoms with Gasteiger partial charge in [0.1, 0.15) is 0 Å². The average molecular weight is 178 g/mol. The van der Waals surface area contributed by atoms with Crippen LogP contribution >= 0.6 is 0 Å². The molecule has 0 amide bonds. The lowest BCUT2D eigenvalue weighted by atomic mass is 11.9. The Morgan fingerprint density at radius 2 is 1.44 bits per heavy atom. The van der Waals surface area contributed by atoms with Crippen LogP contribution in [0.3, 0.4) is 0 Å². The second-order valence-corrected chi connectivity index (χ2v) is 11.6. The number of quaternary nitrogens is 1. The van der Waals surface area contributed by atoms with Crippen LogP contribution < -0.4 is 13.9 Å². The van der Waals surface area contributed by atoms with E-state index in [1.54, 1.807) is 0 Å². The first-order chi connectivity index (χ1) is 4.18. The largest absolute Gasteiger partial charge is 0.447 e. The summed E-state index contributed by atoms with van der Waals surface area (Å²) in [4.78, 5) is 0. The molecule has 54 valence electrons. The molecule has 0 bridgehead atoms. The molecule has 6 heteroatoms. The molecule has 2 atom stereocenters. The SMILES string of the molecule is C[SiH]1N[SiH](C)[NH2+][SiH](C)N1. The molecule has 0 aliphatic carbocycles. The molecule has 0 radical (unpaired) electrons. The minimum Gasteiger partial charge on any atom is -0.447 e. The Morgan fingerprint density at radius 1 is 1.00 bits per heavy atom. The van der Waals surface area contributed by atoms with Crippen molar-refractivity contribution < 1.29 is 4.65 Å². The first kappa shape index (κ1) is 7.64. The predicted octanol–water partition coefficient (Wildman–Crippen LogP) is -2.71. The van der Waals surface area contributed by atoms with Crippen molar-refractivity contribution in [2.24, 2.45) is 0 Å². The molecular weight excluding hydrogens is 162 g/mol. The zero-order chi connectivity index (χ0) is 6.85. The van der Waals surface area contributed by atoms with E-state index in [0.717, 1.165) is 0 Å². The van der Waals surface area contributed by atoms with Gasteiger partial charge in [-0.05, 0) is 19.6 Å². The van der Waals surface area contributed by atoms with E-state index < -0.39 is 27.4 Å². The lowest BCUT2D eigenvalue weighted by Crippen LogP contribution is -3.09. The third-order valence-corrected chi connectivity index (χ3v) is 14.4. The molecule has 0 aromatic rings. The minimum absolute atomic E-state index is 0.524. The van der Waals surface area contributed by atoms with Crippen molar-refractivity contribution in [3.05, 3.63) is 0 Å². The molecule has 1 rings (SSSR count). The second-order valence-electron chi connectivity index (χ2n) is 2.82. The van der Waals surface area contributed by atoms with Crippen molar-refractivity contribution in [2.45, 2.75) is 19.6 Å². The number of hydrogen-bond acceptors (Lipinski definition) is 2. The summed E-state index contributed by atoms with van der Waals surface area (Å²) in [5.74, 6) is 0. The van der Waals surface area contributed by atoms with E-state index in [1.165, 1.54) is 0 Å². The van der Waals surface area contributed by atoms with Gasteiger partial charge >= 0.3 is 18.2 Å². The zero-order valence-electron chi connectivity index (χ0n) is 6.31. The Kier molecular flexibility index (Phi) is 2.61. The normalized spacial score (nSPS) is 45.0. The van der Waals surface area contributed by atoms with E-state index in [9.17, 15) is 0 Å². The average Bonchev–Trinajstić information content (AvgIpc) is 1.59. The highest BCUT2D eigenvalue weighted by Crippen LogP contribution is 1.75. The van der Waals surface area contributed by atoms with Crippen LogP contribution in [0.25, 0.3) is 0 Å². The van der Waals surface area contributed by atoms with Gasteiger partial charge < -0.3 is 13.9 Å². The van der Waals surface area contributed by atoms with Crippen molar-refractivity contribution in [1.29, 1.82) is 0 Å². The lowest BCUT2D eigenvalue weighted by Gasteiger charge is -2.26. The fraction of sp³-hybridized carbons (Fsp3) is 1.00. The summed E-state index contributed by atoms with van der Waals surface area (Å²) in [5.41, 5.74) is 0. The quantitative estimate of drug-likeness (QED) is 0.353. The highest BCUT2D eigenvalue weighted by molar-refractivity contribution is 6.78. The van der Waals surface area contributed by atoms with Crippen molar-refractivity contribution in [2.75, 3.05) is 0 Å². The Bertz CT molecular complexity index is 75.3. The Balaban J connectivity index is 2.34. The minimum atomic E-state index is -0.618. The van der Waals surface area contributed by atoms with Crippen LogP contribution in [0.4, 0.5) is 0 Å². The van der Waals surface area contributed by atoms with Crippen LogP contribution in [0.2, 0.25) is 19.6 Å². The first-order valence-electron chi connectivity index (χ1n) is 3.55. The molecule has 0 saturated carbocycles. The van der Waals surface area contributed by atoms with Gasteiger partial charge in [0.25, 0.3) is 0 Å². The maximum atomic E-state index is 3.66. The number of nitrogens with two attached hydrogens (primary N) is 1. The molecule has 1 heterocycles. The molecule has 1 fully saturated rings. The van der Waals surface area contributed by atoms with E-state index in [2.05, 4.69) is 33.6 Å². The summed E-state index contributed by atoms with van der Waals surface area (Å²) < 4.78 is 9.89. The summed E-state index contributed by atoms with van der Waals surface area (Å²) >= 11 is 0. The summed E-state index contributed by atoms with van der Waals surface area (Å²) in [5, 5.41) is 0. The van der Waals surface area contributed by atoms with Gasteiger partial charge in [-0.15, -0.1) is 0 Å². The summed E-state index contributed by atoms with van der Waals surface area (Å²) in [6, 6.07) is 0. The van der Waals surface area contributed by atoms with Crippen molar-refractivity contribution in [3.63, 3.8) is 0 Å². The fourth-order valence-corrected chi connectivity index (χ4v) is 15.3. The molecule has 9 heavy (non-hydrogen) atoms.